The monoisotopic (exact) mass is 313 g/mol. The Labute approximate surface area is 111 Å². The van der Waals surface area contributed by atoms with Crippen LogP contribution in [0.2, 0.25) is 5.02 Å². The Morgan fingerprint density at radius 1 is 1.53 bits per heavy atom. The second-order valence-corrected chi connectivity index (χ2v) is 4.78. The lowest BCUT2D eigenvalue weighted by Gasteiger charge is -2.08. The molecule has 0 atom stereocenters. The topological polar surface area (TPSA) is 57.8 Å². The third kappa shape index (κ3) is 2.68. The van der Waals surface area contributed by atoms with Crippen molar-refractivity contribution in [2.75, 3.05) is 5.32 Å². The van der Waals surface area contributed by atoms with Gasteiger partial charge in [0.05, 0.1) is 17.4 Å². The maximum absolute atomic E-state index is 11.8. The number of hydrogen-bond acceptors (Lipinski definition) is 2. The number of aryl methyl sites for hydroxylation is 1. The number of amides is 1. The average molecular weight is 315 g/mol. The fraction of sp³-hybridized carbons (Fsp3) is 0.0909. The molecule has 0 aliphatic heterocycles. The van der Waals surface area contributed by atoms with E-state index in [9.17, 15) is 4.79 Å². The summed E-state index contributed by atoms with van der Waals surface area (Å²) in [5.41, 5.74) is 2.04. The van der Waals surface area contributed by atoms with Crippen LogP contribution in [0, 0.1) is 6.92 Å². The van der Waals surface area contributed by atoms with Gasteiger partial charge in [0.2, 0.25) is 0 Å². The third-order valence-corrected chi connectivity index (χ3v) is 3.32. The van der Waals surface area contributed by atoms with Gasteiger partial charge in [-0.3, -0.25) is 9.89 Å². The molecule has 1 amide bonds. The summed E-state index contributed by atoms with van der Waals surface area (Å²) >= 11 is 9.38. The van der Waals surface area contributed by atoms with Crippen LogP contribution < -0.4 is 5.32 Å². The molecule has 2 N–H and O–H groups in total. The van der Waals surface area contributed by atoms with Crippen LogP contribution in [0.1, 0.15) is 15.9 Å². The van der Waals surface area contributed by atoms with Gasteiger partial charge in [-0.25, -0.2) is 0 Å². The molecular weight excluding hydrogens is 305 g/mol. The number of halogens is 2. The zero-order valence-electron chi connectivity index (χ0n) is 8.92. The Kier molecular flexibility index (Phi) is 3.49. The van der Waals surface area contributed by atoms with Crippen molar-refractivity contribution in [3.8, 4) is 0 Å². The molecule has 0 aliphatic rings. The maximum atomic E-state index is 11.8. The lowest BCUT2D eigenvalue weighted by Crippen LogP contribution is -2.11. The fourth-order valence-corrected chi connectivity index (χ4v) is 2.03. The SMILES string of the molecule is Cc1cc(Br)c(NC(=O)c2cn[nH]c2)cc1Cl. The van der Waals surface area contributed by atoms with Gasteiger partial charge in [0, 0.05) is 15.7 Å². The van der Waals surface area contributed by atoms with Crippen LogP contribution in [-0.2, 0) is 0 Å². The highest BCUT2D eigenvalue weighted by atomic mass is 79.9. The number of carbonyl (C=O) groups excluding carboxylic acids is 1. The van der Waals surface area contributed by atoms with Gasteiger partial charge in [-0.1, -0.05) is 11.6 Å². The van der Waals surface area contributed by atoms with Gasteiger partial charge in [-0.2, -0.15) is 5.10 Å². The first-order valence-corrected chi connectivity index (χ1v) is 6.01. The molecular formula is C11H9BrClN3O. The average Bonchev–Trinajstić information content (AvgIpc) is 2.79. The van der Waals surface area contributed by atoms with E-state index < -0.39 is 0 Å². The molecule has 0 saturated heterocycles. The molecule has 0 unspecified atom stereocenters. The van der Waals surface area contributed by atoms with Gasteiger partial charge in [0.1, 0.15) is 0 Å². The van der Waals surface area contributed by atoms with Crippen molar-refractivity contribution in [2.45, 2.75) is 6.92 Å². The molecule has 1 aromatic heterocycles. The van der Waals surface area contributed by atoms with Crippen LogP contribution in [0.3, 0.4) is 0 Å². The molecule has 88 valence electrons. The molecule has 0 bridgehead atoms. The number of hydrogen-bond donors (Lipinski definition) is 2. The molecule has 17 heavy (non-hydrogen) atoms. The quantitative estimate of drug-likeness (QED) is 0.892. The number of aromatic nitrogens is 2. The van der Waals surface area contributed by atoms with Gasteiger partial charge in [-0.05, 0) is 40.5 Å². The maximum Gasteiger partial charge on any atom is 0.258 e. The molecule has 6 heteroatoms. The first kappa shape index (κ1) is 12.1. The van der Waals surface area contributed by atoms with E-state index in [4.69, 9.17) is 11.6 Å². The molecule has 0 aliphatic carbocycles. The molecule has 2 aromatic rings. The van der Waals surface area contributed by atoms with E-state index in [1.165, 1.54) is 12.4 Å². The number of benzene rings is 1. The lowest BCUT2D eigenvalue weighted by molar-refractivity contribution is 0.102. The van der Waals surface area contributed by atoms with Crippen molar-refractivity contribution < 1.29 is 4.79 Å². The van der Waals surface area contributed by atoms with Gasteiger partial charge in [0.15, 0.2) is 0 Å². The van der Waals surface area contributed by atoms with Crippen molar-refractivity contribution in [3.63, 3.8) is 0 Å². The number of aromatic amines is 1. The summed E-state index contributed by atoms with van der Waals surface area (Å²) in [5.74, 6) is -0.237. The van der Waals surface area contributed by atoms with E-state index in [1.54, 1.807) is 6.07 Å². The summed E-state index contributed by atoms with van der Waals surface area (Å²) in [4.78, 5) is 11.8. The first-order chi connectivity index (χ1) is 8.08. The highest BCUT2D eigenvalue weighted by Crippen LogP contribution is 2.29. The Bertz CT molecular complexity index is 554. The number of anilines is 1. The zero-order chi connectivity index (χ0) is 12.4. The molecule has 0 fully saturated rings. The van der Waals surface area contributed by atoms with Gasteiger partial charge in [-0.15, -0.1) is 0 Å². The molecule has 1 aromatic carbocycles. The van der Waals surface area contributed by atoms with Crippen LogP contribution in [-0.4, -0.2) is 16.1 Å². The number of rotatable bonds is 2. The highest BCUT2D eigenvalue weighted by Gasteiger charge is 2.10. The standard InChI is InChI=1S/C11H9BrClN3O/c1-6-2-8(12)10(3-9(6)13)16-11(17)7-4-14-15-5-7/h2-5H,1H3,(H,14,15)(H,16,17). The molecule has 2 rings (SSSR count). The van der Waals surface area contributed by atoms with Gasteiger partial charge in [0.25, 0.3) is 5.91 Å². The van der Waals surface area contributed by atoms with Gasteiger partial charge < -0.3 is 5.32 Å². The normalized spacial score (nSPS) is 10.3. The van der Waals surface area contributed by atoms with Crippen LogP contribution in [0.15, 0.2) is 29.0 Å². The van der Waals surface area contributed by atoms with E-state index in [0.29, 0.717) is 16.3 Å². The van der Waals surface area contributed by atoms with Crippen molar-refractivity contribution in [3.05, 3.63) is 45.1 Å². The molecule has 0 radical (unpaired) electrons. The Hall–Kier alpha value is -1.33. The summed E-state index contributed by atoms with van der Waals surface area (Å²) < 4.78 is 0.788. The zero-order valence-corrected chi connectivity index (χ0v) is 11.3. The van der Waals surface area contributed by atoms with E-state index in [1.807, 2.05) is 13.0 Å². The Balaban J connectivity index is 2.25. The fourth-order valence-electron chi connectivity index (χ4n) is 1.31. The number of carbonyl (C=O) groups is 1. The van der Waals surface area contributed by atoms with Crippen molar-refractivity contribution in [1.29, 1.82) is 0 Å². The first-order valence-electron chi connectivity index (χ1n) is 4.83. The van der Waals surface area contributed by atoms with E-state index in [2.05, 4.69) is 31.4 Å². The Morgan fingerprint density at radius 3 is 2.94 bits per heavy atom. The second kappa shape index (κ2) is 4.89. The predicted molar refractivity (Wildman–Crippen MR) is 70.4 cm³/mol. The minimum absolute atomic E-state index is 0.237. The number of H-pyrrole nitrogens is 1. The smallest absolute Gasteiger partial charge is 0.258 e. The molecule has 0 spiro atoms. The molecule has 0 saturated carbocycles. The third-order valence-electron chi connectivity index (χ3n) is 2.26. The summed E-state index contributed by atoms with van der Waals surface area (Å²) in [6.07, 6.45) is 2.98. The molecule has 1 heterocycles. The number of nitrogens with zero attached hydrogens (tertiary/aromatic N) is 1. The lowest BCUT2D eigenvalue weighted by atomic mass is 10.2. The minimum Gasteiger partial charge on any atom is -0.321 e. The Morgan fingerprint density at radius 2 is 2.29 bits per heavy atom. The minimum atomic E-state index is -0.237. The summed E-state index contributed by atoms with van der Waals surface area (Å²) in [7, 11) is 0. The van der Waals surface area contributed by atoms with Crippen LogP contribution in [0.25, 0.3) is 0 Å². The van der Waals surface area contributed by atoms with E-state index in [0.717, 1.165) is 10.0 Å². The second-order valence-electron chi connectivity index (χ2n) is 3.52. The van der Waals surface area contributed by atoms with Crippen molar-refractivity contribution >= 4 is 39.1 Å². The van der Waals surface area contributed by atoms with E-state index >= 15 is 0 Å². The predicted octanol–water partition coefficient (Wildman–Crippen LogP) is 3.39. The van der Waals surface area contributed by atoms with Crippen molar-refractivity contribution in [2.24, 2.45) is 0 Å². The van der Waals surface area contributed by atoms with Gasteiger partial charge >= 0.3 is 0 Å². The van der Waals surface area contributed by atoms with E-state index in [-0.39, 0.29) is 5.91 Å². The summed E-state index contributed by atoms with van der Waals surface area (Å²) in [5, 5.41) is 9.66. The summed E-state index contributed by atoms with van der Waals surface area (Å²) in [6.45, 7) is 1.90. The highest BCUT2D eigenvalue weighted by molar-refractivity contribution is 9.10. The molecule has 4 nitrogen and oxygen atoms in total. The van der Waals surface area contributed by atoms with Crippen LogP contribution in [0.5, 0.6) is 0 Å². The van der Waals surface area contributed by atoms with Crippen molar-refractivity contribution in [1.82, 2.24) is 10.2 Å². The number of nitrogens with one attached hydrogen (secondary N) is 2. The summed E-state index contributed by atoms with van der Waals surface area (Å²) in [6, 6.07) is 3.56. The van der Waals surface area contributed by atoms with Crippen LogP contribution >= 0.6 is 27.5 Å². The van der Waals surface area contributed by atoms with Crippen LogP contribution in [0.4, 0.5) is 5.69 Å². The largest absolute Gasteiger partial charge is 0.321 e.